The van der Waals surface area contributed by atoms with Crippen LogP contribution >= 0.6 is 0 Å². The number of nitrogens with zero attached hydrogens (tertiary/aromatic N) is 4. The first-order chi connectivity index (χ1) is 8.08. The van der Waals surface area contributed by atoms with E-state index in [1.54, 1.807) is 19.3 Å². The molecule has 0 aliphatic carbocycles. The molecule has 2 aromatic rings. The number of ether oxygens (including phenoxy) is 1. The van der Waals surface area contributed by atoms with Gasteiger partial charge in [-0.15, -0.1) is 5.10 Å². The van der Waals surface area contributed by atoms with Crippen LogP contribution in [0.15, 0.2) is 18.6 Å². The minimum absolute atomic E-state index is 0.0958. The van der Waals surface area contributed by atoms with E-state index in [0.717, 1.165) is 5.56 Å². The van der Waals surface area contributed by atoms with Gasteiger partial charge in [-0.2, -0.15) is 4.98 Å². The van der Waals surface area contributed by atoms with Gasteiger partial charge in [0.25, 0.3) is 0 Å². The number of rotatable bonds is 3. The lowest BCUT2D eigenvalue weighted by atomic mass is 10.1. The van der Waals surface area contributed by atoms with Gasteiger partial charge in [0.15, 0.2) is 0 Å². The monoisotopic (exact) mass is 232 g/mol. The minimum Gasteiger partial charge on any atom is -0.403 e. The molecule has 2 aromatic heterocycles. The van der Waals surface area contributed by atoms with Crippen molar-refractivity contribution in [1.29, 1.82) is 5.41 Å². The van der Waals surface area contributed by atoms with Gasteiger partial charge in [0.1, 0.15) is 12.2 Å². The summed E-state index contributed by atoms with van der Waals surface area (Å²) in [5.74, 6) is 0.144. The second-order valence-electron chi connectivity index (χ2n) is 3.52. The Bertz CT molecular complexity index is 562. The SMILES string of the molecule is Cc1ccnc(Oc2ncn(C)n2)c1C(=N)N. The fourth-order valence-electron chi connectivity index (χ4n) is 1.39. The second-order valence-corrected chi connectivity index (χ2v) is 3.52. The maximum atomic E-state index is 7.50. The Morgan fingerprint density at radius 1 is 1.47 bits per heavy atom. The molecule has 7 heteroatoms. The summed E-state index contributed by atoms with van der Waals surface area (Å²) in [6, 6.07) is 1.93. The van der Waals surface area contributed by atoms with E-state index in [1.165, 1.54) is 11.0 Å². The number of hydrogen-bond donors (Lipinski definition) is 2. The lowest BCUT2D eigenvalue weighted by Gasteiger charge is -2.08. The van der Waals surface area contributed by atoms with Crippen LogP contribution in [0, 0.1) is 12.3 Å². The van der Waals surface area contributed by atoms with Crippen LogP contribution in [0.4, 0.5) is 0 Å². The number of nitrogen functional groups attached to an aromatic ring is 1. The lowest BCUT2D eigenvalue weighted by molar-refractivity contribution is 0.421. The van der Waals surface area contributed by atoms with Crippen LogP contribution in [0.3, 0.4) is 0 Å². The number of pyridine rings is 1. The Labute approximate surface area is 97.8 Å². The van der Waals surface area contributed by atoms with Crippen LogP contribution < -0.4 is 10.5 Å². The van der Waals surface area contributed by atoms with Crippen molar-refractivity contribution in [1.82, 2.24) is 19.7 Å². The zero-order chi connectivity index (χ0) is 12.4. The molecule has 2 heterocycles. The van der Waals surface area contributed by atoms with Gasteiger partial charge < -0.3 is 10.5 Å². The fourth-order valence-corrected chi connectivity index (χ4v) is 1.39. The molecule has 0 aromatic carbocycles. The summed E-state index contributed by atoms with van der Waals surface area (Å²) in [5.41, 5.74) is 6.77. The van der Waals surface area contributed by atoms with Crippen LogP contribution in [0.2, 0.25) is 0 Å². The zero-order valence-corrected chi connectivity index (χ0v) is 9.51. The number of amidine groups is 1. The molecular weight excluding hydrogens is 220 g/mol. The van der Waals surface area contributed by atoms with Crippen LogP contribution in [0.25, 0.3) is 0 Å². The Balaban J connectivity index is 2.39. The van der Waals surface area contributed by atoms with E-state index < -0.39 is 0 Å². The molecule has 0 bridgehead atoms. The van der Waals surface area contributed by atoms with E-state index in [1.807, 2.05) is 6.92 Å². The molecular formula is C10H12N6O. The Kier molecular flexibility index (Phi) is 2.73. The molecule has 0 spiro atoms. The van der Waals surface area contributed by atoms with E-state index >= 15 is 0 Å². The smallest absolute Gasteiger partial charge is 0.342 e. The predicted molar refractivity (Wildman–Crippen MR) is 61.1 cm³/mol. The maximum Gasteiger partial charge on any atom is 0.342 e. The second kappa shape index (κ2) is 4.20. The van der Waals surface area contributed by atoms with Crippen molar-refractivity contribution < 1.29 is 4.74 Å². The molecule has 17 heavy (non-hydrogen) atoms. The molecule has 0 saturated heterocycles. The number of aryl methyl sites for hydroxylation is 2. The summed E-state index contributed by atoms with van der Waals surface area (Å²) in [6.45, 7) is 1.83. The topological polar surface area (TPSA) is 103 Å². The van der Waals surface area contributed by atoms with Gasteiger partial charge in [-0.25, -0.2) is 4.98 Å². The summed E-state index contributed by atoms with van der Waals surface area (Å²) in [4.78, 5) is 7.95. The third-order valence-corrected chi connectivity index (χ3v) is 2.16. The molecule has 88 valence electrons. The summed E-state index contributed by atoms with van der Waals surface area (Å²) < 4.78 is 6.91. The molecule has 0 aliphatic rings. The van der Waals surface area contributed by atoms with Crippen molar-refractivity contribution in [3.05, 3.63) is 29.7 Å². The highest BCUT2D eigenvalue weighted by Gasteiger charge is 2.13. The van der Waals surface area contributed by atoms with E-state index in [4.69, 9.17) is 15.9 Å². The van der Waals surface area contributed by atoms with Crippen LogP contribution in [-0.2, 0) is 7.05 Å². The average molecular weight is 232 g/mol. The summed E-state index contributed by atoms with van der Waals surface area (Å²) >= 11 is 0. The van der Waals surface area contributed by atoms with Crippen LogP contribution in [-0.4, -0.2) is 25.6 Å². The van der Waals surface area contributed by atoms with E-state index in [9.17, 15) is 0 Å². The Morgan fingerprint density at radius 2 is 2.24 bits per heavy atom. The van der Waals surface area contributed by atoms with Crippen molar-refractivity contribution in [3.8, 4) is 11.9 Å². The van der Waals surface area contributed by atoms with Gasteiger partial charge in [0, 0.05) is 13.2 Å². The molecule has 0 fully saturated rings. The maximum absolute atomic E-state index is 7.50. The standard InChI is InChI=1S/C10H12N6O/c1-6-3-4-13-9(7(6)8(11)12)17-10-14-5-16(2)15-10/h3-5H,1-2H3,(H3,11,12). The minimum atomic E-state index is -0.0958. The van der Waals surface area contributed by atoms with Gasteiger partial charge >= 0.3 is 6.01 Å². The van der Waals surface area contributed by atoms with Gasteiger partial charge in [-0.05, 0) is 18.6 Å². The van der Waals surface area contributed by atoms with Crippen molar-refractivity contribution in [3.63, 3.8) is 0 Å². The molecule has 0 amide bonds. The zero-order valence-electron chi connectivity index (χ0n) is 9.51. The van der Waals surface area contributed by atoms with Gasteiger partial charge in [-0.1, -0.05) is 0 Å². The third-order valence-electron chi connectivity index (χ3n) is 2.16. The molecule has 0 saturated carbocycles. The predicted octanol–water partition coefficient (Wildman–Crippen LogP) is 0.595. The largest absolute Gasteiger partial charge is 0.403 e. The number of nitrogens with two attached hydrogens (primary N) is 1. The number of aromatic nitrogens is 4. The quantitative estimate of drug-likeness (QED) is 0.595. The van der Waals surface area contributed by atoms with E-state index in [2.05, 4.69) is 15.1 Å². The molecule has 2 rings (SSSR count). The molecule has 0 atom stereocenters. The van der Waals surface area contributed by atoms with Crippen LogP contribution in [0.1, 0.15) is 11.1 Å². The first-order valence-corrected chi connectivity index (χ1v) is 4.91. The third kappa shape index (κ3) is 2.22. The average Bonchev–Trinajstić information content (AvgIpc) is 2.63. The summed E-state index contributed by atoms with van der Waals surface area (Å²) in [7, 11) is 1.73. The van der Waals surface area contributed by atoms with Gasteiger partial charge in [-0.3, -0.25) is 10.1 Å². The highest BCUT2D eigenvalue weighted by Crippen LogP contribution is 2.22. The van der Waals surface area contributed by atoms with Crippen molar-refractivity contribution in [2.45, 2.75) is 6.92 Å². The van der Waals surface area contributed by atoms with E-state index in [0.29, 0.717) is 5.56 Å². The molecule has 3 N–H and O–H groups in total. The Morgan fingerprint density at radius 3 is 2.82 bits per heavy atom. The normalized spacial score (nSPS) is 10.2. The van der Waals surface area contributed by atoms with Gasteiger partial charge in [0.2, 0.25) is 5.88 Å². The van der Waals surface area contributed by atoms with Crippen molar-refractivity contribution in [2.24, 2.45) is 12.8 Å². The number of nitrogens with one attached hydrogen (secondary N) is 1. The van der Waals surface area contributed by atoms with Crippen molar-refractivity contribution in [2.75, 3.05) is 0 Å². The van der Waals surface area contributed by atoms with E-state index in [-0.39, 0.29) is 17.7 Å². The Hall–Kier alpha value is -2.44. The molecule has 0 aliphatic heterocycles. The first kappa shape index (κ1) is 11.1. The summed E-state index contributed by atoms with van der Waals surface area (Å²) in [5, 5.41) is 11.5. The highest BCUT2D eigenvalue weighted by atomic mass is 16.5. The molecule has 7 nitrogen and oxygen atoms in total. The summed E-state index contributed by atoms with van der Waals surface area (Å²) in [6.07, 6.45) is 3.10. The van der Waals surface area contributed by atoms with Crippen LogP contribution in [0.5, 0.6) is 11.9 Å². The lowest BCUT2D eigenvalue weighted by Crippen LogP contribution is -2.15. The fraction of sp³-hybridized carbons (Fsp3) is 0.200. The first-order valence-electron chi connectivity index (χ1n) is 4.91. The number of hydrogen-bond acceptors (Lipinski definition) is 5. The molecule has 0 radical (unpaired) electrons. The van der Waals surface area contributed by atoms with Gasteiger partial charge in [0.05, 0.1) is 5.56 Å². The highest BCUT2D eigenvalue weighted by molar-refractivity contribution is 5.98. The van der Waals surface area contributed by atoms with Crippen molar-refractivity contribution >= 4 is 5.84 Å². The molecule has 0 unspecified atom stereocenters.